The number of hydrogen-bond donors (Lipinski definition) is 8. The molecule has 0 saturated carbocycles. The zero-order valence-corrected chi connectivity index (χ0v) is 12.6. The number of hydrogen-bond acceptors (Lipinski definition) is 9. The van der Waals surface area contributed by atoms with Crippen LogP contribution in [-0.4, -0.2) is 64.3 Å². The highest BCUT2D eigenvalue weighted by Crippen LogP contribution is 2.17. The molecule has 0 aromatic rings. The third kappa shape index (κ3) is 5.99. The molecule has 0 spiro atoms. The van der Waals surface area contributed by atoms with E-state index in [4.69, 9.17) is 21.4 Å². The summed E-state index contributed by atoms with van der Waals surface area (Å²) in [5.41, 5.74) is 12.6. The summed E-state index contributed by atoms with van der Waals surface area (Å²) < 4.78 is 5.27. The minimum absolute atomic E-state index is 0.168. The van der Waals surface area contributed by atoms with Crippen molar-refractivity contribution in [2.45, 2.75) is 56.3 Å². The Morgan fingerprint density at radius 3 is 2.26 bits per heavy atom. The van der Waals surface area contributed by atoms with Crippen molar-refractivity contribution in [1.29, 1.82) is 0 Å². The first kappa shape index (κ1) is 19.7. The maximum atomic E-state index is 11.6. The van der Waals surface area contributed by atoms with Gasteiger partial charge in [-0.25, -0.2) is 11.3 Å². The lowest BCUT2D eigenvalue weighted by atomic mass is 9.97. The Morgan fingerprint density at radius 2 is 1.70 bits per heavy atom. The van der Waals surface area contributed by atoms with Crippen LogP contribution in [-0.2, 0) is 14.3 Å². The summed E-state index contributed by atoms with van der Waals surface area (Å²) >= 11 is 0. The molecule has 0 radical (unpaired) electrons. The third-order valence-electron chi connectivity index (χ3n) is 3.55. The van der Waals surface area contributed by atoms with Crippen molar-refractivity contribution >= 4 is 11.8 Å². The molecule has 0 bridgehead atoms. The van der Waals surface area contributed by atoms with E-state index in [1.165, 1.54) is 0 Å². The first-order chi connectivity index (χ1) is 10.9. The number of rotatable bonds is 8. The van der Waals surface area contributed by atoms with Crippen molar-refractivity contribution in [3.05, 3.63) is 0 Å². The predicted octanol–water partition coefficient (Wildman–Crippen LogP) is -4.08. The first-order valence-electron chi connectivity index (χ1n) is 7.32. The van der Waals surface area contributed by atoms with Gasteiger partial charge in [0.1, 0.15) is 24.5 Å². The molecule has 1 saturated heterocycles. The van der Waals surface area contributed by atoms with Crippen LogP contribution in [0.15, 0.2) is 0 Å². The summed E-state index contributed by atoms with van der Waals surface area (Å²) in [6.45, 7) is -0.500. The van der Waals surface area contributed by atoms with Gasteiger partial charge in [-0.05, 0) is 12.8 Å². The normalized spacial score (nSPS) is 30.7. The number of carbonyl (C=O) groups is 2. The van der Waals surface area contributed by atoms with E-state index >= 15 is 0 Å². The van der Waals surface area contributed by atoms with Crippen LogP contribution >= 0.6 is 0 Å². The molecule has 5 unspecified atom stereocenters. The topological polar surface area (TPSA) is 192 Å². The van der Waals surface area contributed by atoms with Gasteiger partial charge in [0.25, 0.3) is 0 Å². The standard InChI is InChI=1S/C12H25N5O6/c13-9-11(22)10(21)6(5-18)23-12(9)17-16-8(20)4-2-1-3-7(19)15-14/h6,9-12,17-18,21-22H,1-5,13-14H2,(H,15,19)(H,16,20). The van der Waals surface area contributed by atoms with Crippen LogP contribution in [0.25, 0.3) is 0 Å². The lowest BCUT2D eigenvalue weighted by Crippen LogP contribution is -2.67. The van der Waals surface area contributed by atoms with Gasteiger partial charge in [0.2, 0.25) is 11.8 Å². The Bertz CT molecular complexity index is 396. The maximum Gasteiger partial charge on any atom is 0.234 e. The molecule has 0 aromatic carbocycles. The van der Waals surface area contributed by atoms with Gasteiger partial charge in [0.15, 0.2) is 0 Å². The molecule has 0 aromatic heterocycles. The van der Waals surface area contributed by atoms with Crippen LogP contribution in [0.1, 0.15) is 25.7 Å². The first-order valence-corrected chi connectivity index (χ1v) is 7.32. The van der Waals surface area contributed by atoms with E-state index in [0.717, 1.165) is 0 Å². The molecule has 11 heteroatoms. The zero-order chi connectivity index (χ0) is 17.4. The number of nitrogens with two attached hydrogens (primary N) is 2. The molecule has 1 rings (SSSR count). The molecule has 1 aliphatic heterocycles. The Balaban J connectivity index is 2.30. The quantitative estimate of drug-likeness (QED) is 0.0942. The second-order valence-electron chi connectivity index (χ2n) is 5.30. The zero-order valence-electron chi connectivity index (χ0n) is 12.6. The molecular weight excluding hydrogens is 310 g/mol. The highest BCUT2D eigenvalue weighted by atomic mass is 16.5. The van der Waals surface area contributed by atoms with Gasteiger partial charge >= 0.3 is 0 Å². The van der Waals surface area contributed by atoms with Crippen molar-refractivity contribution in [2.75, 3.05) is 6.61 Å². The second kappa shape index (κ2) is 9.72. The fourth-order valence-corrected chi connectivity index (χ4v) is 2.12. The molecule has 0 aliphatic carbocycles. The largest absolute Gasteiger partial charge is 0.394 e. The number of ether oxygens (including phenoxy) is 1. The third-order valence-corrected chi connectivity index (χ3v) is 3.55. The van der Waals surface area contributed by atoms with E-state index in [-0.39, 0.29) is 24.7 Å². The minimum atomic E-state index is -1.31. The summed E-state index contributed by atoms with van der Waals surface area (Å²) in [6, 6.07) is -0.985. The van der Waals surface area contributed by atoms with Crippen LogP contribution in [0.2, 0.25) is 0 Å². The average molecular weight is 335 g/mol. The SMILES string of the molecule is NNC(=O)CCCCC(=O)NNC1OC(CO)C(O)C(O)C1N. The van der Waals surface area contributed by atoms with E-state index < -0.39 is 37.2 Å². The van der Waals surface area contributed by atoms with Gasteiger partial charge in [-0.3, -0.25) is 20.4 Å². The summed E-state index contributed by atoms with van der Waals surface area (Å²) in [5, 5.41) is 28.5. The molecule has 1 aliphatic rings. The van der Waals surface area contributed by atoms with Crippen molar-refractivity contribution in [3.63, 3.8) is 0 Å². The van der Waals surface area contributed by atoms with Crippen LogP contribution in [0.5, 0.6) is 0 Å². The molecule has 1 fully saturated rings. The number of unbranched alkanes of at least 4 members (excludes halogenated alkanes) is 1. The number of aliphatic hydroxyl groups excluding tert-OH is 3. The van der Waals surface area contributed by atoms with E-state index in [9.17, 15) is 19.8 Å². The second-order valence-corrected chi connectivity index (χ2v) is 5.30. The molecule has 134 valence electrons. The van der Waals surface area contributed by atoms with Gasteiger partial charge in [-0.1, -0.05) is 0 Å². The number of aliphatic hydroxyl groups is 3. The van der Waals surface area contributed by atoms with Crippen LogP contribution in [0.3, 0.4) is 0 Å². The summed E-state index contributed by atoms with van der Waals surface area (Å²) in [5.74, 6) is 4.28. The summed E-state index contributed by atoms with van der Waals surface area (Å²) in [6.07, 6.45) is -3.18. The van der Waals surface area contributed by atoms with Crippen LogP contribution in [0, 0.1) is 0 Å². The van der Waals surface area contributed by atoms with Gasteiger partial charge in [0, 0.05) is 12.8 Å². The molecular formula is C12H25N5O6. The molecule has 1 heterocycles. The number of hydrazine groups is 2. The number of amides is 2. The highest BCUT2D eigenvalue weighted by Gasteiger charge is 2.42. The Morgan fingerprint density at radius 1 is 1.09 bits per heavy atom. The minimum Gasteiger partial charge on any atom is -0.394 e. The van der Waals surface area contributed by atoms with Gasteiger partial charge in [-0.15, -0.1) is 0 Å². The molecule has 10 N–H and O–H groups in total. The lowest BCUT2D eigenvalue weighted by molar-refractivity contribution is -0.199. The molecule has 11 nitrogen and oxygen atoms in total. The van der Waals surface area contributed by atoms with E-state index in [1.807, 2.05) is 5.43 Å². The van der Waals surface area contributed by atoms with E-state index in [2.05, 4.69) is 10.9 Å². The smallest absolute Gasteiger partial charge is 0.234 e. The summed E-state index contributed by atoms with van der Waals surface area (Å²) in [4.78, 5) is 22.5. The molecule has 2 amide bonds. The molecule has 23 heavy (non-hydrogen) atoms. The van der Waals surface area contributed by atoms with Gasteiger partial charge < -0.3 is 25.8 Å². The van der Waals surface area contributed by atoms with Crippen molar-refractivity contribution in [1.82, 2.24) is 16.3 Å². The van der Waals surface area contributed by atoms with E-state index in [0.29, 0.717) is 12.8 Å². The summed E-state index contributed by atoms with van der Waals surface area (Å²) in [7, 11) is 0. The van der Waals surface area contributed by atoms with Crippen LogP contribution < -0.4 is 27.9 Å². The Kier molecular flexibility index (Phi) is 8.33. The average Bonchev–Trinajstić information content (AvgIpc) is 2.55. The van der Waals surface area contributed by atoms with Gasteiger partial charge in [-0.2, -0.15) is 0 Å². The Labute approximate surface area is 133 Å². The monoisotopic (exact) mass is 335 g/mol. The number of nitrogens with one attached hydrogen (secondary N) is 3. The molecule has 5 atom stereocenters. The van der Waals surface area contributed by atoms with Crippen molar-refractivity contribution < 1.29 is 29.6 Å². The fraction of sp³-hybridized carbons (Fsp3) is 0.833. The lowest BCUT2D eigenvalue weighted by Gasteiger charge is -2.40. The van der Waals surface area contributed by atoms with E-state index in [1.54, 1.807) is 0 Å². The highest BCUT2D eigenvalue weighted by molar-refractivity contribution is 5.76. The van der Waals surface area contributed by atoms with Gasteiger partial charge in [0.05, 0.1) is 12.6 Å². The number of carbonyl (C=O) groups excluding carboxylic acids is 2. The van der Waals surface area contributed by atoms with Crippen molar-refractivity contribution in [3.8, 4) is 0 Å². The Hall–Kier alpha value is -1.34. The maximum absolute atomic E-state index is 11.6. The predicted molar refractivity (Wildman–Crippen MR) is 77.8 cm³/mol. The van der Waals surface area contributed by atoms with Crippen molar-refractivity contribution in [2.24, 2.45) is 11.6 Å². The fourth-order valence-electron chi connectivity index (χ4n) is 2.12. The van der Waals surface area contributed by atoms with Crippen LogP contribution in [0.4, 0.5) is 0 Å².